The number of amides is 1. The fourth-order valence-electron chi connectivity index (χ4n) is 2.02. The highest BCUT2D eigenvalue weighted by Gasteiger charge is 2.23. The molecule has 0 spiro atoms. The maximum Gasteiger partial charge on any atom is 0.359 e. The van der Waals surface area contributed by atoms with Crippen LogP contribution in [-0.2, 0) is 9.53 Å². The minimum absolute atomic E-state index is 0.0563. The normalized spacial score (nSPS) is 11.6. The Balaban J connectivity index is 2.10. The number of rotatable bonds is 6. The highest BCUT2D eigenvalue weighted by Crippen LogP contribution is 2.25. The van der Waals surface area contributed by atoms with Crippen molar-refractivity contribution in [2.45, 2.75) is 25.1 Å². The molecule has 0 radical (unpaired) electrons. The fraction of sp³-hybridized carbons (Fsp3) is 0.294. The highest BCUT2D eigenvalue weighted by atomic mass is 35.5. The zero-order valence-electron chi connectivity index (χ0n) is 14.7. The summed E-state index contributed by atoms with van der Waals surface area (Å²) >= 11 is 7.21. The molecule has 0 aliphatic heterocycles. The third-order valence-corrected chi connectivity index (χ3v) is 4.20. The Labute approximate surface area is 160 Å². The van der Waals surface area contributed by atoms with Crippen LogP contribution in [0.4, 0.5) is 5.69 Å². The highest BCUT2D eigenvalue weighted by molar-refractivity contribution is 7.98. The summed E-state index contributed by atoms with van der Waals surface area (Å²) in [5.41, 5.74) is 1.35. The molecule has 0 aliphatic carbocycles. The minimum Gasteiger partial charge on any atom is -0.495 e. The van der Waals surface area contributed by atoms with E-state index in [1.54, 1.807) is 18.4 Å². The summed E-state index contributed by atoms with van der Waals surface area (Å²) < 4.78 is 10.4. The summed E-state index contributed by atoms with van der Waals surface area (Å²) in [6.07, 6.45) is 2.03. The van der Waals surface area contributed by atoms with Gasteiger partial charge in [-0.15, -0.1) is 0 Å². The maximum absolute atomic E-state index is 12.4. The van der Waals surface area contributed by atoms with E-state index in [1.807, 2.05) is 13.0 Å². The van der Waals surface area contributed by atoms with Gasteiger partial charge in [-0.25, -0.2) is 14.8 Å². The number of aryl methyl sites for hydroxylation is 1. The number of halogens is 1. The smallest absolute Gasteiger partial charge is 0.359 e. The largest absolute Gasteiger partial charge is 0.495 e. The number of nitrogens with one attached hydrogen (secondary N) is 1. The van der Waals surface area contributed by atoms with Gasteiger partial charge in [-0.2, -0.15) is 0 Å². The molecule has 7 nitrogen and oxygen atoms in total. The Morgan fingerprint density at radius 3 is 2.73 bits per heavy atom. The third-order valence-electron chi connectivity index (χ3n) is 3.36. The molecule has 9 heteroatoms. The number of hydrogen-bond acceptors (Lipinski definition) is 7. The Hall–Kier alpha value is -2.32. The molecule has 1 N–H and O–H groups in total. The van der Waals surface area contributed by atoms with E-state index < -0.39 is 18.0 Å². The number of thioether (sulfide) groups is 1. The molecule has 26 heavy (non-hydrogen) atoms. The topological polar surface area (TPSA) is 90.4 Å². The predicted octanol–water partition coefficient (Wildman–Crippen LogP) is 3.35. The Morgan fingerprint density at radius 2 is 2.08 bits per heavy atom. The summed E-state index contributed by atoms with van der Waals surface area (Å²) in [6.45, 7) is 3.35. The molecule has 1 atom stereocenters. The van der Waals surface area contributed by atoms with Gasteiger partial charge in [0.1, 0.15) is 5.75 Å². The van der Waals surface area contributed by atoms with Crippen molar-refractivity contribution >= 4 is 40.9 Å². The van der Waals surface area contributed by atoms with Crippen LogP contribution in [-0.4, -0.2) is 41.3 Å². The third kappa shape index (κ3) is 4.86. The molecule has 1 unspecified atom stereocenters. The first kappa shape index (κ1) is 20.0. The van der Waals surface area contributed by atoms with Crippen LogP contribution in [0.25, 0.3) is 0 Å². The van der Waals surface area contributed by atoms with Crippen LogP contribution in [0.15, 0.2) is 29.6 Å². The van der Waals surface area contributed by atoms with Gasteiger partial charge >= 0.3 is 5.97 Å². The van der Waals surface area contributed by atoms with Crippen LogP contribution in [0.5, 0.6) is 5.75 Å². The lowest BCUT2D eigenvalue weighted by molar-refractivity contribution is -0.123. The molecule has 1 amide bonds. The van der Waals surface area contributed by atoms with Crippen LogP contribution in [0.1, 0.15) is 23.0 Å². The number of carbonyl (C=O) groups excluding carboxylic acids is 2. The molecule has 2 rings (SSSR count). The van der Waals surface area contributed by atoms with Crippen molar-refractivity contribution < 1.29 is 19.1 Å². The second kappa shape index (κ2) is 8.86. The summed E-state index contributed by atoms with van der Waals surface area (Å²) in [5.74, 6) is -0.796. The van der Waals surface area contributed by atoms with E-state index in [4.69, 9.17) is 21.1 Å². The molecule has 1 heterocycles. The molecule has 0 saturated carbocycles. The summed E-state index contributed by atoms with van der Waals surface area (Å²) in [7, 11) is 1.50. The molecule has 0 aliphatic rings. The number of esters is 1. The average Bonchev–Trinajstić information content (AvgIpc) is 2.62. The van der Waals surface area contributed by atoms with Crippen LogP contribution < -0.4 is 10.1 Å². The van der Waals surface area contributed by atoms with Gasteiger partial charge in [0, 0.05) is 0 Å². The van der Waals surface area contributed by atoms with Gasteiger partial charge in [-0.05, 0) is 37.8 Å². The van der Waals surface area contributed by atoms with Crippen molar-refractivity contribution in [1.29, 1.82) is 0 Å². The minimum atomic E-state index is -1.06. The quantitative estimate of drug-likeness (QED) is 0.455. The van der Waals surface area contributed by atoms with Crippen molar-refractivity contribution in [2.75, 3.05) is 18.7 Å². The molecule has 138 valence electrons. The van der Waals surface area contributed by atoms with Crippen LogP contribution in [0, 0.1) is 6.92 Å². The number of benzene rings is 1. The number of methoxy groups -OCH3 is 1. The van der Waals surface area contributed by atoms with Crippen molar-refractivity contribution in [3.05, 3.63) is 40.7 Å². The van der Waals surface area contributed by atoms with Crippen molar-refractivity contribution in [3.63, 3.8) is 0 Å². The molecule has 1 aromatic heterocycles. The van der Waals surface area contributed by atoms with Crippen LogP contribution >= 0.6 is 23.4 Å². The van der Waals surface area contributed by atoms with Gasteiger partial charge in [0.05, 0.1) is 24.0 Å². The van der Waals surface area contributed by atoms with Gasteiger partial charge in [0.25, 0.3) is 5.91 Å². The first-order valence-corrected chi connectivity index (χ1v) is 9.19. The number of aromatic nitrogens is 2. The Morgan fingerprint density at radius 1 is 1.35 bits per heavy atom. The lowest BCUT2D eigenvalue weighted by Gasteiger charge is -2.15. The molecule has 0 bridgehead atoms. The van der Waals surface area contributed by atoms with Gasteiger partial charge in [0.2, 0.25) is 0 Å². The van der Waals surface area contributed by atoms with Gasteiger partial charge in [-0.3, -0.25) is 4.79 Å². The van der Waals surface area contributed by atoms with Gasteiger partial charge in [0.15, 0.2) is 17.0 Å². The molecular weight excluding hydrogens is 378 g/mol. The van der Waals surface area contributed by atoms with Crippen LogP contribution in [0.3, 0.4) is 0 Å². The second-order valence-corrected chi connectivity index (χ2v) is 6.47. The standard InChI is InChI=1S/C17H18ClN3O4S/c1-9-5-6-13(24-3)12(7-9)20-15(22)10(2)25-16(23)14-11(18)8-19-17(21-14)26-4/h5-8,10H,1-4H3,(H,20,22). The average molecular weight is 396 g/mol. The first-order chi connectivity index (χ1) is 12.3. The zero-order valence-corrected chi connectivity index (χ0v) is 16.3. The number of carbonyl (C=O) groups is 2. The lowest BCUT2D eigenvalue weighted by atomic mass is 10.2. The van der Waals surface area contributed by atoms with E-state index in [0.717, 1.165) is 5.56 Å². The number of hydrogen-bond donors (Lipinski definition) is 1. The van der Waals surface area contributed by atoms with Crippen molar-refractivity contribution in [1.82, 2.24) is 9.97 Å². The number of ether oxygens (including phenoxy) is 2. The summed E-state index contributed by atoms with van der Waals surface area (Å²) in [4.78, 5) is 32.6. The second-order valence-electron chi connectivity index (χ2n) is 5.29. The van der Waals surface area contributed by atoms with Gasteiger partial charge in [-0.1, -0.05) is 29.4 Å². The van der Waals surface area contributed by atoms with Crippen LogP contribution in [0.2, 0.25) is 5.02 Å². The lowest BCUT2D eigenvalue weighted by Crippen LogP contribution is -2.30. The van der Waals surface area contributed by atoms with E-state index in [-0.39, 0.29) is 10.7 Å². The van der Waals surface area contributed by atoms with E-state index in [0.29, 0.717) is 16.6 Å². The fourth-order valence-corrected chi connectivity index (χ4v) is 2.53. The summed E-state index contributed by atoms with van der Waals surface area (Å²) in [6, 6.07) is 5.36. The van der Waals surface area contributed by atoms with E-state index in [1.165, 1.54) is 32.0 Å². The van der Waals surface area contributed by atoms with E-state index in [9.17, 15) is 9.59 Å². The predicted molar refractivity (Wildman–Crippen MR) is 100 cm³/mol. The zero-order chi connectivity index (χ0) is 19.3. The maximum atomic E-state index is 12.4. The SMILES string of the molecule is COc1ccc(C)cc1NC(=O)C(C)OC(=O)c1nc(SC)ncc1Cl. The molecule has 0 saturated heterocycles. The first-order valence-electron chi connectivity index (χ1n) is 7.58. The molecule has 2 aromatic rings. The van der Waals surface area contributed by atoms with Crippen molar-refractivity contribution in [2.24, 2.45) is 0 Å². The number of nitrogens with zero attached hydrogens (tertiary/aromatic N) is 2. The van der Waals surface area contributed by atoms with E-state index >= 15 is 0 Å². The number of anilines is 1. The van der Waals surface area contributed by atoms with Gasteiger partial charge < -0.3 is 14.8 Å². The molecule has 0 fully saturated rings. The van der Waals surface area contributed by atoms with Crippen molar-refractivity contribution in [3.8, 4) is 5.75 Å². The summed E-state index contributed by atoms with van der Waals surface area (Å²) in [5, 5.41) is 3.12. The molecular formula is C17H18ClN3O4S. The molecule has 1 aromatic carbocycles. The monoisotopic (exact) mass is 395 g/mol. The Bertz CT molecular complexity index is 832. The van der Waals surface area contributed by atoms with E-state index in [2.05, 4.69) is 15.3 Å². The Kier molecular flexibility index (Phi) is 6.82.